The van der Waals surface area contributed by atoms with E-state index in [2.05, 4.69) is 51.2 Å². The monoisotopic (exact) mass is 389 g/mol. The lowest BCUT2D eigenvalue weighted by atomic mass is 9.67. The second-order valence-electron chi connectivity index (χ2n) is 9.28. The van der Waals surface area contributed by atoms with Crippen LogP contribution < -0.4 is 0 Å². The molecule has 29 heavy (non-hydrogen) atoms. The van der Waals surface area contributed by atoms with Gasteiger partial charge in [0, 0.05) is 37.4 Å². The number of benzene rings is 1. The maximum atomic E-state index is 13.3. The molecule has 3 heterocycles. The van der Waals surface area contributed by atoms with Crippen LogP contribution in [-0.4, -0.2) is 52.9 Å². The molecule has 1 amide bonds. The van der Waals surface area contributed by atoms with Crippen LogP contribution in [0.3, 0.4) is 0 Å². The molecule has 1 saturated carbocycles. The van der Waals surface area contributed by atoms with Crippen molar-refractivity contribution >= 4 is 5.91 Å². The van der Waals surface area contributed by atoms with Crippen molar-refractivity contribution in [3.05, 3.63) is 66.0 Å². The van der Waals surface area contributed by atoms with E-state index in [1.54, 1.807) is 0 Å². The van der Waals surface area contributed by atoms with Crippen LogP contribution in [0, 0.1) is 5.41 Å². The van der Waals surface area contributed by atoms with Crippen molar-refractivity contribution in [1.29, 1.82) is 0 Å². The van der Waals surface area contributed by atoms with Crippen LogP contribution in [0.1, 0.15) is 49.3 Å². The van der Waals surface area contributed by atoms with Gasteiger partial charge in [0.1, 0.15) is 0 Å². The summed E-state index contributed by atoms with van der Waals surface area (Å²) in [6.45, 7) is 4.34. The minimum atomic E-state index is 0.0469. The van der Waals surface area contributed by atoms with Crippen LogP contribution >= 0.6 is 0 Å². The van der Waals surface area contributed by atoms with Crippen LogP contribution in [0.4, 0.5) is 0 Å². The molecular formula is C25H31N3O. The van der Waals surface area contributed by atoms with E-state index in [1.807, 2.05) is 18.3 Å². The molecule has 0 N–H and O–H groups in total. The minimum absolute atomic E-state index is 0.0469. The molecule has 0 bridgehead atoms. The summed E-state index contributed by atoms with van der Waals surface area (Å²) >= 11 is 0. The van der Waals surface area contributed by atoms with Gasteiger partial charge in [0.05, 0.1) is 5.92 Å². The van der Waals surface area contributed by atoms with E-state index in [9.17, 15) is 4.79 Å². The topological polar surface area (TPSA) is 36.4 Å². The van der Waals surface area contributed by atoms with E-state index >= 15 is 0 Å². The molecular weight excluding hydrogens is 358 g/mol. The first-order valence-electron chi connectivity index (χ1n) is 11.2. The van der Waals surface area contributed by atoms with Crippen molar-refractivity contribution in [2.75, 3.05) is 26.2 Å². The zero-order valence-electron chi connectivity index (χ0n) is 17.2. The zero-order valence-corrected chi connectivity index (χ0v) is 17.2. The molecule has 1 aromatic carbocycles. The van der Waals surface area contributed by atoms with Gasteiger partial charge in [-0.1, -0.05) is 36.4 Å². The Morgan fingerprint density at radius 3 is 2.45 bits per heavy atom. The van der Waals surface area contributed by atoms with Gasteiger partial charge in [0.2, 0.25) is 5.91 Å². The Bertz CT molecular complexity index is 826. The normalized spacial score (nSPS) is 24.8. The number of amides is 1. The number of nitrogens with zero attached hydrogens (tertiary/aromatic N) is 3. The third-order valence-electron chi connectivity index (χ3n) is 7.24. The molecule has 4 heteroatoms. The van der Waals surface area contributed by atoms with Crippen LogP contribution in [-0.2, 0) is 11.2 Å². The molecule has 4 nitrogen and oxygen atoms in total. The van der Waals surface area contributed by atoms with Crippen molar-refractivity contribution in [3.63, 3.8) is 0 Å². The third kappa shape index (κ3) is 4.09. The largest absolute Gasteiger partial charge is 0.339 e. The Kier molecular flexibility index (Phi) is 5.13. The molecule has 2 aliphatic heterocycles. The molecule has 5 rings (SSSR count). The van der Waals surface area contributed by atoms with Gasteiger partial charge in [-0.2, -0.15) is 0 Å². The molecule has 0 radical (unpaired) electrons. The number of pyridine rings is 1. The summed E-state index contributed by atoms with van der Waals surface area (Å²) in [6.07, 6.45) is 8.72. The van der Waals surface area contributed by atoms with E-state index in [1.165, 1.54) is 36.9 Å². The predicted molar refractivity (Wildman–Crippen MR) is 115 cm³/mol. The zero-order chi connectivity index (χ0) is 19.7. The van der Waals surface area contributed by atoms with Gasteiger partial charge in [-0.15, -0.1) is 0 Å². The van der Waals surface area contributed by atoms with Gasteiger partial charge in [-0.3, -0.25) is 9.78 Å². The Morgan fingerprint density at radius 2 is 1.76 bits per heavy atom. The first-order chi connectivity index (χ1) is 14.2. The molecule has 3 fully saturated rings. The highest BCUT2D eigenvalue weighted by Gasteiger charge is 2.49. The smallest absolute Gasteiger partial charge is 0.230 e. The van der Waals surface area contributed by atoms with Crippen molar-refractivity contribution in [2.45, 2.75) is 50.5 Å². The molecule has 1 spiro atoms. The number of piperidine rings is 2. The maximum absolute atomic E-state index is 13.3. The van der Waals surface area contributed by atoms with Gasteiger partial charge in [0.25, 0.3) is 0 Å². The van der Waals surface area contributed by atoms with Crippen LogP contribution in [0.5, 0.6) is 0 Å². The molecule has 1 unspecified atom stereocenters. The number of hydrogen-bond donors (Lipinski definition) is 0. The van der Waals surface area contributed by atoms with E-state index in [4.69, 9.17) is 0 Å². The van der Waals surface area contributed by atoms with Gasteiger partial charge in [-0.25, -0.2) is 0 Å². The van der Waals surface area contributed by atoms with Crippen LogP contribution in [0.2, 0.25) is 0 Å². The summed E-state index contributed by atoms with van der Waals surface area (Å²) in [4.78, 5) is 22.6. The average molecular weight is 390 g/mol. The number of hydrogen-bond acceptors (Lipinski definition) is 3. The van der Waals surface area contributed by atoms with Crippen molar-refractivity contribution < 1.29 is 4.79 Å². The fourth-order valence-electron chi connectivity index (χ4n) is 5.30. The summed E-state index contributed by atoms with van der Waals surface area (Å²) < 4.78 is 0. The lowest BCUT2D eigenvalue weighted by Crippen LogP contribution is -2.54. The highest BCUT2D eigenvalue weighted by atomic mass is 16.2. The summed E-state index contributed by atoms with van der Waals surface area (Å²) in [5.41, 5.74) is 2.68. The average Bonchev–Trinajstić information content (AvgIpc) is 3.62. The molecule has 1 aromatic heterocycles. The lowest BCUT2D eigenvalue weighted by Gasteiger charge is -2.50. The summed E-state index contributed by atoms with van der Waals surface area (Å²) in [7, 11) is 0. The van der Waals surface area contributed by atoms with E-state index in [0.29, 0.717) is 17.4 Å². The fourth-order valence-corrected chi connectivity index (χ4v) is 5.30. The van der Waals surface area contributed by atoms with Gasteiger partial charge in [-0.05, 0) is 68.3 Å². The Hall–Kier alpha value is -2.20. The summed E-state index contributed by atoms with van der Waals surface area (Å²) in [6, 6.07) is 17.2. The first kappa shape index (κ1) is 18.8. The number of rotatable bonds is 5. The standard InChI is InChI=1S/C25H31N3O/c29-24-23(20-6-2-1-3-7-20)18-25(19-28(24)22-9-10-22)12-16-27(17-13-25)15-11-21-8-4-5-14-26-21/h1-8,14,22-23H,9-13,15-19H2. The fraction of sp³-hybridized carbons (Fsp3) is 0.520. The van der Waals surface area contributed by atoms with Crippen molar-refractivity contribution in [1.82, 2.24) is 14.8 Å². The van der Waals surface area contributed by atoms with E-state index in [-0.39, 0.29) is 5.92 Å². The van der Waals surface area contributed by atoms with Gasteiger partial charge in [0.15, 0.2) is 0 Å². The Morgan fingerprint density at radius 1 is 1.00 bits per heavy atom. The number of likely N-dealkylation sites (tertiary alicyclic amines) is 2. The minimum Gasteiger partial charge on any atom is -0.339 e. The van der Waals surface area contributed by atoms with Crippen molar-refractivity contribution in [2.24, 2.45) is 5.41 Å². The highest BCUT2D eigenvalue weighted by Crippen LogP contribution is 2.48. The van der Waals surface area contributed by atoms with Crippen molar-refractivity contribution in [3.8, 4) is 0 Å². The summed E-state index contributed by atoms with van der Waals surface area (Å²) in [5, 5.41) is 0. The Labute approximate surface area is 173 Å². The maximum Gasteiger partial charge on any atom is 0.230 e. The second kappa shape index (κ2) is 7.91. The lowest BCUT2D eigenvalue weighted by molar-refractivity contribution is -0.142. The Balaban J connectivity index is 1.26. The first-order valence-corrected chi connectivity index (χ1v) is 11.2. The molecule has 1 aliphatic carbocycles. The molecule has 152 valence electrons. The number of carbonyl (C=O) groups excluding carboxylic acids is 1. The number of aromatic nitrogens is 1. The predicted octanol–water partition coefficient (Wildman–Crippen LogP) is 3.88. The SMILES string of the molecule is O=C1C(c2ccccc2)CC2(CCN(CCc3ccccn3)CC2)CN1C1CC1. The number of carbonyl (C=O) groups is 1. The van der Waals surface area contributed by atoms with Gasteiger partial charge < -0.3 is 9.80 Å². The molecule has 3 aliphatic rings. The summed E-state index contributed by atoms with van der Waals surface area (Å²) in [5.74, 6) is 0.424. The van der Waals surface area contributed by atoms with E-state index in [0.717, 1.165) is 39.0 Å². The second-order valence-corrected chi connectivity index (χ2v) is 9.28. The molecule has 2 aromatic rings. The van der Waals surface area contributed by atoms with E-state index < -0.39 is 0 Å². The van der Waals surface area contributed by atoms with Crippen LogP contribution in [0.15, 0.2) is 54.7 Å². The third-order valence-corrected chi connectivity index (χ3v) is 7.24. The molecule has 2 saturated heterocycles. The highest BCUT2D eigenvalue weighted by molar-refractivity contribution is 5.85. The molecule has 1 atom stereocenters. The van der Waals surface area contributed by atoms with Gasteiger partial charge >= 0.3 is 0 Å². The van der Waals surface area contributed by atoms with Crippen LogP contribution in [0.25, 0.3) is 0 Å². The quantitative estimate of drug-likeness (QED) is 0.779.